The lowest BCUT2D eigenvalue weighted by molar-refractivity contribution is 0.628. The minimum absolute atomic E-state index is 0.311. The molecule has 1 aromatic carbocycles. The molecule has 0 N–H and O–H groups in total. The zero-order chi connectivity index (χ0) is 19.0. The molecule has 0 fully saturated rings. The number of aromatic nitrogens is 3. The highest BCUT2D eigenvalue weighted by Gasteiger charge is 2.23. The molecule has 5 nitrogen and oxygen atoms in total. The summed E-state index contributed by atoms with van der Waals surface area (Å²) in [5, 5.41) is 12.3. The number of aryl methyl sites for hydroxylation is 1. The maximum atomic E-state index is 13.3. The fraction of sp³-hybridized carbons (Fsp3) is 0.211. The second-order valence-electron chi connectivity index (χ2n) is 5.83. The van der Waals surface area contributed by atoms with Crippen LogP contribution in [0.5, 0.6) is 0 Å². The SMILES string of the molecule is CCc1nc2sccn2c1N(CC)c1nc(-c2ccc(F)cc2)c(C#N)s1. The van der Waals surface area contributed by atoms with Crippen LogP contribution in [0.15, 0.2) is 35.8 Å². The summed E-state index contributed by atoms with van der Waals surface area (Å²) in [5.41, 5.74) is 2.32. The van der Waals surface area contributed by atoms with Crippen molar-refractivity contribution in [2.45, 2.75) is 20.3 Å². The summed E-state index contributed by atoms with van der Waals surface area (Å²) in [6.07, 6.45) is 2.81. The van der Waals surface area contributed by atoms with Gasteiger partial charge in [0.25, 0.3) is 0 Å². The molecule has 0 aliphatic carbocycles. The molecule has 3 heterocycles. The van der Waals surface area contributed by atoms with Crippen molar-refractivity contribution in [2.24, 2.45) is 0 Å². The number of nitriles is 1. The standard InChI is InChI=1S/C19H16FN5S2/c1-3-14-17(25-9-10-26-18(25)22-14)24(4-2)19-23-16(15(11-21)27-19)12-5-7-13(20)8-6-12/h5-10H,3-4H2,1-2H3. The van der Waals surface area contributed by atoms with Crippen LogP contribution in [0.4, 0.5) is 15.3 Å². The molecule has 4 aromatic rings. The summed E-state index contributed by atoms with van der Waals surface area (Å²) < 4.78 is 15.3. The van der Waals surface area contributed by atoms with E-state index in [1.807, 2.05) is 11.6 Å². The number of anilines is 2. The second kappa shape index (κ2) is 7.10. The van der Waals surface area contributed by atoms with Gasteiger partial charge in [0, 0.05) is 23.7 Å². The minimum atomic E-state index is -0.311. The van der Waals surface area contributed by atoms with E-state index in [2.05, 4.69) is 29.2 Å². The Labute approximate surface area is 164 Å². The first-order valence-electron chi connectivity index (χ1n) is 8.55. The van der Waals surface area contributed by atoms with E-state index < -0.39 is 0 Å². The molecule has 136 valence electrons. The van der Waals surface area contributed by atoms with Gasteiger partial charge >= 0.3 is 0 Å². The van der Waals surface area contributed by atoms with Gasteiger partial charge in [0.2, 0.25) is 0 Å². The van der Waals surface area contributed by atoms with Crippen LogP contribution < -0.4 is 4.90 Å². The van der Waals surface area contributed by atoms with Crippen LogP contribution in [0, 0.1) is 17.1 Å². The fourth-order valence-electron chi connectivity index (χ4n) is 3.02. The Hall–Kier alpha value is -2.76. The van der Waals surface area contributed by atoms with Crippen molar-refractivity contribution in [3.05, 3.63) is 52.2 Å². The lowest BCUT2D eigenvalue weighted by atomic mass is 10.1. The summed E-state index contributed by atoms with van der Waals surface area (Å²) in [6, 6.07) is 8.30. The van der Waals surface area contributed by atoms with Crippen molar-refractivity contribution in [2.75, 3.05) is 11.4 Å². The monoisotopic (exact) mass is 397 g/mol. The van der Waals surface area contributed by atoms with Crippen molar-refractivity contribution < 1.29 is 4.39 Å². The van der Waals surface area contributed by atoms with Gasteiger partial charge in [0.1, 0.15) is 28.3 Å². The molecule has 0 amide bonds. The smallest absolute Gasteiger partial charge is 0.195 e. The van der Waals surface area contributed by atoms with Crippen molar-refractivity contribution in [3.8, 4) is 17.3 Å². The van der Waals surface area contributed by atoms with Crippen molar-refractivity contribution in [1.29, 1.82) is 5.26 Å². The van der Waals surface area contributed by atoms with Crippen LogP contribution in [0.3, 0.4) is 0 Å². The number of nitrogens with zero attached hydrogens (tertiary/aromatic N) is 5. The molecule has 0 saturated carbocycles. The molecule has 0 atom stereocenters. The predicted molar refractivity (Wildman–Crippen MR) is 107 cm³/mol. The summed E-state index contributed by atoms with van der Waals surface area (Å²) in [6.45, 7) is 4.82. The molecule has 8 heteroatoms. The molecule has 0 aliphatic heterocycles. The molecule has 0 saturated heterocycles. The second-order valence-corrected chi connectivity index (χ2v) is 7.68. The fourth-order valence-corrected chi connectivity index (χ4v) is 4.70. The largest absolute Gasteiger partial charge is 0.302 e. The summed E-state index contributed by atoms with van der Waals surface area (Å²) in [4.78, 5) is 13.0. The Bertz CT molecular complexity index is 1130. The Morgan fingerprint density at radius 2 is 2.00 bits per heavy atom. The van der Waals surface area contributed by atoms with Crippen LogP contribution in [0.25, 0.3) is 16.2 Å². The molecular weight excluding hydrogens is 381 g/mol. The average Bonchev–Trinajstić information content (AvgIpc) is 3.38. The number of fused-ring (bicyclic) bond motifs is 1. The topological polar surface area (TPSA) is 57.2 Å². The number of benzene rings is 1. The van der Waals surface area contributed by atoms with Crippen molar-refractivity contribution in [3.63, 3.8) is 0 Å². The van der Waals surface area contributed by atoms with Crippen LogP contribution >= 0.6 is 22.7 Å². The molecule has 27 heavy (non-hydrogen) atoms. The summed E-state index contributed by atoms with van der Waals surface area (Å²) in [7, 11) is 0. The number of thiazole rings is 2. The van der Waals surface area contributed by atoms with Crippen LogP contribution in [-0.4, -0.2) is 20.9 Å². The summed E-state index contributed by atoms with van der Waals surface area (Å²) >= 11 is 2.93. The molecule has 0 bridgehead atoms. The van der Waals surface area contributed by atoms with Gasteiger partial charge in [-0.05, 0) is 37.6 Å². The minimum Gasteiger partial charge on any atom is -0.302 e. The molecule has 0 aliphatic rings. The Balaban J connectivity index is 1.85. The molecule has 0 radical (unpaired) electrons. The highest BCUT2D eigenvalue weighted by atomic mass is 32.1. The number of halogens is 1. The van der Waals surface area contributed by atoms with Gasteiger partial charge < -0.3 is 4.90 Å². The number of imidazole rings is 1. The maximum absolute atomic E-state index is 13.3. The third kappa shape index (κ3) is 2.99. The first kappa shape index (κ1) is 17.6. The third-order valence-electron chi connectivity index (χ3n) is 4.28. The van der Waals surface area contributed by atoms with E-state index in [0.717, 1.165) is 33.6 Å². The highest BCUT2D eigenvalue weighted by Crippen LogP contribution is 2.38. The van der Waals surface area contributed by atoms with Gasteiger partial charge in [-0.25, -0.2) is 14.4 Å². The van der Waals surface area contributed by atoms with E-state index in [1.54, 1.807) is 23.5 Å². The normalized spacial score (nSPS) is 11.0. The van der Waals surface area contributed by atoms with Gasteiger partial charge in [0.15, 0.2) is 10.1 Å². The Morgan fingerprint density at radius 1 is 1.22 bits per heavy atom. The quantitative estimate of drug-likeness (QED) is 0.461. The maximum Gasteiger partial charge on any atom is 0.195 e. The van der Waals surface area contributed by atoms with Crippen LogP contribution in [0.2, 0.25) is 0 Å². The van der Waals surface area contributed by atoms with E-state index in [-0.39, 0.29) is 5.82 Å². The number of hydrogen-bond acceptors (Lipinski definition) is 6. The number of hydrogen-bond donors (Lipinski definition) is 0. The average molecular weight is 398 g/mol. The molecule has 0 unspecified atom stereocenters. The lowest BCUT2D eigenvalue weighted by Crippen LogP contribution is -2.18. The lowest BCUT2D eigenvalue weighted by Gasteiger charge is -2.20. The highest BCUT2D eigenvalue weighted by molar-refractivity contribution is 7.16. The van der Waals surface area contributed by atoms with Gasteiger partial charge in [-0.1, -0.05) is 18.3 Å². The van der Waals surface area contributed by atoms with Crippen LogP contribution in [0.1, 0.15) is 24.4 Å². The third-order valence-corrected chi connectivity index (χ3v) is 6.02. The first-order valence-corrected chi connectivity index (χ1v) is 10.2. The van der Waals surface area contributed by atoms with E-state index >= 15 is 0 Å². The summed E-state index contributed by atoms with van der Waals surface area (Å²) in [5.74, 6) is 0.676. The molecule has 4 rings (SSSR count). The van der Waals surface area contributed by atoms with Gasteiger partial charge in [-0.3, -0.25) is 4.40 Å². The molecule has 3 aromatic heterocycles. The van der Waals surface area contributed by atoms with E-state index in [0.29, 0.717) is 17.1 Å². The van der Waals surface area contributed by atoms with Crippen LogP contribution in [-0.2, 0) is 6.42 Å². The zero-order valence-corrected chi connectivity index (χ0v) is 16.4. The number of rotatable bonds is 5. The predicted octanol–water partition coefficient (Wildman–Crippen LogP) is 5.25. The van der Waals surface area contributed by atoms with Gasteiger partial charge in [-0.2, -0.15) is 5.26 Å². The first-order chi connectivity index (χ1) is 13.2. The van der Waals surface area contributed by atoms with Crippen molar-refractivity contribution >= 4 is 38.6 Å². The van der Waals surface area contributed by atoms with Gasteiger partial charge in [0.05, 0.1) is 5.69 Å². The van der Waals surface area contributed by atoms with E-state index in [1.165, 1.54) is 23.5 Å². The Morgan fingerprint density at radius 3 is 2.67 bits per heavy atom. The van der Waals surface area contributed by atoms with Crippen molar-refractivity contribution in [1.82, 2.24) is 14.4 Å². The van der Waals surface area contributed by atoms with E-state index in [4.69, 9.17) is 9.97 Å². The molecular formula is C19H16FN5S2. The molecule has 0 spiro atoms. The zero-order valence-electron chi connectivity index (χ0n) is 14.8. The van der Waals surface area contributed by atoms with E-state index in [9.17, 15) is 9.65 Å². The Kier molecular flexibility index (Phi) is 4.64. The van der Waals surface area contributed by atoms with Gasteiger partial charge in [-0.15, -0.1) is 11.3 Å².